The molecular weight excluding hydrogens is 472 g/mol. The minimum absolute atomic E-state index is 0.0561. The van der Waals surface area contributed by atoms with E-state index in [0.29, 0.717) is 35.1 Å². The van der Waals surface area contributed by atoms with Gasteiger partial charge in [-0.05, 0) is 37.0 Å². The first-order valence-electron chi connectivity index (χ1n) is 13.0. The molecule has 0 spiro atoms. The highest BCUT2D eigenvalue weighted by molar-refractivity contribution is 5.98. The van der Waals surface area contributed by atoms with Gasteiger partial charge in [-0.3, -0.25) is 9.59 Å². The van der Waals surface area contributed by atoms with Crippen molar-refractivity contribution in [3.63, 3.8) is 0 Å². The third-order valence-corrected chi connectivity index (χ3v) is 7.77. The maximum absolute atomic E-state index is 14.0. The molecule has 2 atom stereocenters. The van der Waals surface area contributed by atoms with E-state index < -0.39 is 12.0 Å². The van der Waals surface area contributed by atoms with Crippen molar-refractivity contribution in [2.45, 2.75) is 57.0 Å². The van der Waals surface area contributed by atoms with E-state index in [1.54, 1.807) is 45.5 Å². The van der Waals surface area contributed by atoms with Gasteiger partial charge in [0, 0.05) is 31.6 Å². The number of hydrogen-bond donors (Lipinski definition) is 0. The number of rotatable bonds is 8. The van der Waals surface area contributed by atoms with Crippen molar-refractivity contribution in [1.29, 1.82) is 0 Å². The van der Waals surface area contributed by atoms with Crippen LogP contribution in [0.5, 0.6) is 23.0 Å². The Bertz CT molecular complexity index is 1070. The summed E-state index contributed by atoms with van der Waals surface area (Å²) in [6.45, 7) is 0. The summed E-state index contributed by atoms with van der Waals surface area (Å²) in [6, 6.07) is 10.9. The number of benzene rings is 2. The van der Waals surface area contributed by atoms with Crippen LogP contribution in [0.15, 0.2) is 36.4 Å². The zero-order valence-corrected chi connectivity index (χ0v) is 22.5. The van der Waals surface area contributed by atoms with Crippen molar-refractivity contribution in [2.75, 3.05) is 40.4 Å². The zero-order chi connectivity index (χ0) is 26.5. The van der Waals surface area contributed by atoms with Crippen LogP contribution in [0.3, 0.4) is 0 Å². The number of ether oxygens (including phenoxy) is 4. The molecule has 1 heterocycles. The third-order valence-electron chi connectivity index (χ3n) is 7.77. The Morgan fingerprint density at radius 2 is 1.49 bits per heavy atom. The lowest BCUT2D eigenvalue weighted by Gasteiger charge is -2.43. The molecule has 0 radical (unpaired) electrons. The molecule has 37 heavy (non-hydrogen) atoms. The summed E-state index contributed by atoms with van der Waals surface area (Å²) in [5, 5.41) is 0. The van der Waals surface area contributed by atoms with E-state index in [4.69, 9.17) is 18.9 Å². The van der Waals surface area contributed by atoms with Crippen molar-refractivity contribution < 1.29 is 28.5 Å². The van der Waals surface area contributed by atoms with Gasteiger partial charge < -0.3 is 28.7 Å². The maximum atomic E-state index is 14.0. The van der Waals surface area contributed by atoms with Crippen LogP contribution >= 0.6 is 0 Å². The summed E-state index contributed by atoms with van der Waals surface area (Å²) in [5.41, 5.74) is 1.47. The predicted molar refractivity (Wildman–Crippen MR) is 142 cm³/mol. The van der Waals surface area contributed by atoms with Crippen LogP contribution in [0.25, 0.3) is 0 Å². The summed E-state index contributed by atoms with van der Waals surface area (Å²) >= 11 is 0. The van der Waals surface area contributed by atoms with Gasteiger partial charge in [0.2, 0.25) is 17.6 Å². The Morgan fingerprint density at radius 3 is 2.03 bits per heavy atom. The maximum Gasteiger partial charge on any atom is 0.228 e. The van der Waals surface area contributed by atoms with Crippen LogP contribution in [0, 0.1) is 5.92 Å². The van der Waals surface area contributed by atoms with Crippen molar-refractivity contribution >= 4 is 17.5 Å². The number of carbonyl (C=O) groups is 2. The average molecular weight is 511 g/mol. The first-order valence-corrected chi connectivity index (χ1v) is 13.0. The minimum atomic E-state index is -0.492. The van der Waals surface area contributed by atoms with Gasteiger partial charge in [0.15, 0.2) is 11.5 Å². The first kappa shape index (κ1) is 26.6. The number of amides is 2. The highest BCUT2D eigenvalue weighted by atomic mass is 16.5. The second kappa shape index (κ2) is 11.8. The van der Waals surface area contributed by atoms with Gasteiger partial charge in [-0.25, -0.2) is 0 Å². The Hall–Kier alpha value is -3.42. The summed E-state index contributed by atoms with van der Waals surface area (Å²) in [6.07, 6.45) is 6.33. The molecule has 8 heteroatoms. The standard InChI is InChI=1S/C29H38N2O6/c1-30(20-9-7-6-8-10-20)29(33)23-15-16-26(32)31(27(23)19-11-13-22(34-2)14-12-19)21-17-24(35-3)28(37-5)25(18-21)36-4/h11-14,17-18,20,23,27H,6-10,15-16H2,1-5H3/t23-,27+/m1/s1. The number of nitrogens with zero attached hydrogens (tertiary/aromatic N) is 2. The highest BCUT2D eigenvalue weighted by Gasteiger charge is 2.43. The van der Waals surface area contributed by atoms with E-state index in [1.165, 1.54) is 6.42 Å². The largest absolute Gasteiger partial charge is 0.497 e. The first-order chi connectivity index (χ1) is 17.9. The Balaban J connectivity index is 1.80. The van der Waals surface area contributed by atoms with Gasteiger partial charge >= 0.3 is 0 Å². The van der Waals surface area contributed by atoms with Crippen LogP contribution < -0.4 is 23.8 Å². The summed E-state index contributed by atoms with van der Waals surface area (Å²) in [5.74, 6) is 1.70. The molecule has 0 unspecified atom stereocenters. The van der Waals surface area contributed by atoms with E-state index in [9.17, 15) is 9.59 Å². The van der Waals surface area contributed by atoms with E-state index in [-0.39, 0.29) is 24.3 Å². The SMILES string of the molecule is COc1ccc([C@H]2[C@H](C(=O)N(C)C3CCCCC3)CCC(=O)N2c2cc(OC)c(OC)c(OC)c2)cc1. The van der Waals surface area contributed by atoms with Crippen molar-refractivity contribution in [1.82, 2.24) is 4.90 Å². The molecule has 2 amide bonds. The van der Waals surface area contributed by atoms with Gasteiger partial charge in [-0.1, -0.05) is 31.4 Å². The molecule has 4 rings (SSSR count). The lowest BCUT2D eigenvalue weighted by molar-refractivity contribution is -0.139. The van der Waals surface area contributed by atoms with E-state index in [2.05, 4.69) is 0 Å². The Morgan fingerprint density at radius 1 is 0.865 bits per heavy atom. The molecule has 1 aliphatic carbocycles. The van der Waals surface area contributed by atoms with E-state index in [1.807, 2.05) is 36.2 Å². The summed E-state index contributed by atoms with van der Waals surface area (Å²) < 4.78 is 22.0. The number of anilines is 1. The third kappa shape index (κ3) is 5.33. The van der Waals surface area contributed by atoms with E-state index in [0.717, 1.165) is 31.2 Å². The van der Waals surface area contributed by atoms with Crippen molar-refractivity contribution in [3.05, 3.63) is 42.0 Å². The molecule has 2 aromatic rings. The van der Waals surface area contributed by atoms with Gasteiger partial charge in [-0.15, -0.1) is 0 Å². The molecule has 200 valence electrons. The van der Waals surface area contributed by atoms with Crippen LogP contribution in [0.1, 0.15) is 56.6 Å². The molecule has 0 N–H and O–H groups in total. The molecule has 2 fully saturated rings. The smallest absolute Gasteiger partial charge is 0.228 e. The molecule has 0 aromatic heterocycles. The fourth-order valence-electron chi connectivity index (χ4n) is 5.75. The minimum Gasteiger partial charge on any atom is -0.497 e. The number of piperidine rings is 1. The van der Waals surface area contributed by atoms with Crippen LogP contribution in [0.4, 0.5) is 5.69 Å². The molecule has 2 aromatic carbocycles. The normalized spacial score (nSPS) is 20.4. The molecule has 0 bridgehead atoms. The second-order valence-electron chi connectivity index (χ2n) is 9.75. The quantitative estimate of drug-likeness (QED) is 0.498. The van der Waals surface area contributed by atoms with Crippen molar-refractivity contribution in [3.8, 4) is 23.0 Å². The van der Waals surface area contributed by atoms with Crippen LogP contribution in [0.2, 0.25) is 0 Å². The predicted octanol–water partition coefficient (Wildman–Crippen LogP) is 5.00. The lowest BCUT2D eigenvalue weighted by Crippen LogP contribution is -2.50. The zero-order valence-electron chi connectivity index (χ0n) is 22.5. The number of hydrogen-bond acceptors (Lipinski definition) is 6. The average Bonchev–Trinajstić information content (AvgIpc) is 2.95. The highest BCUT2D eigenvalue weighted by Crippen LogP contribution is 2.47. The second-order valence-corrected chi connectivity index (χ2v) is 9.75. The Kier molecular flexibility index (Phi) is 8.46. The van der Waals surface area contributed by atoms with Gasteiger partial charge in [0.05, 0.1) is 46.1 Å². The molecule has 1 saturated carbocycles. The fraction of sp³-hybridized carbons (Fsp3) is 0.517. The summed E-state index contributed by atoms with van der Waals surface area (Å²) in [7, 11) is 8.18. The fourth-order valence-corrected chi connectivity index (χ4v) is 5.75. The van der Waals surface area contributed by atoms with Gasteiger partial charge in [0.1, 0.15) is 5.75 Å². The Labute approximate surface area is 219 Å². The van der Waals surface area contributed by atoms with Gasteiger partial charge in [-0.2, -0.15) is 0 Å². The van der Waals surface area contributed by atoms with Crippen molar-refractivity contribution in [2.24, 2.45) is 5.92 Å². The van der Waals surface area contributed by atoms with E-state index >= 15 is 0 Å². The molecule has 8 nitrogen and oxygen atoms in total. The monoisotopic (exact) mass is 510 g/mol. The number of carbonyl (C=O) groups excluding carboxylic acids is 2. The van der Waals surface area contributed by atoms with Gasteiger partial charge in [0.25, 0.3) is 0 Å². The molecule has 1 saturated heterocycles. The van der Waals surface area contributed by atoms with Crippen LogP contribution in [-0.4, -0.2) is 58.2 Å². The summed E-state index contributed by atoms with van der Waals surface area (Å²) in [4.78, 5) is 31.2. The number of methoxy groups -OCH3 is 4. The topological polar surface area (TPSA) is 77.5 Å². The molecule has 1 aliphatic heterocycles. The lowest BCUT2D eigenvalue weighted by atomic mass is 9.82. The van der Waals surface area contributed by atoms with Crippen LogP contribution in [-0.2, 0) is 9.59 Å². The molecular formula is C29H38N2O6. The molecule has 2 aliphatic rings.